The van der Waals surface area contributed by atoms with Gasteiger partial charge >= 0.3 is 0 Å². The molecule has 1 aromatic rings. The lowest BCUT2D eigenvalue weighted by Crippen LogP contribution is -2.43. The van der Waals surface area contributed by atoms with E-state index in [2.05, 4.69) is 35.3 Å². The van der Waals surface area contributed by atoms with Crippen molar-refractivity contribution in [1.29, 1.82) is 0 Å². The molecule has 0 heterocycles. The van der Waals surface area contributed by atoms with Gasteiger partial charge in [-0.2, -0.15) is 11.8 Å². The Morgan fingerprint density at radius 1 is 1.30 bits per heavy atom. The van der Waals surface area contributed by atoms with E-state index < -0.39 is 0 Å². The Morgan fingerprint density at radius 3 is 2.52 bits per heavy atom. The lowest BCUT2D eigenvalue weighted by molar-refractivity contribution is 0.382. The summed E-state index contributed by atoms with van der Waals surface area (Å²) in [6.45, 7) is 5.98. The quantitative estimate of drug-likeness (QED) is 0.611. The monoisotopic (exact) mass is 339 g/mol. The van der Waals surface area contributed by atoms with Gasteiger partial charge in [0.2, 0.25) is 0 Å². The van der Waals surface area contributed by atoms with E-state index in [0.717, 1.165) is 29.6 Å². The Bertz CT molecular complexity index is 533. The summed E-state index contributed by atoms with van der Waals surface area (Å²) in [6, 6.07) is 5.86. The average molecular weight is 340 g/mol. The predicted octanol–water partition coefficient (Wildman–Crippen LogP) is 2.85. The van der Waals surface area contributed by atoms with E-state index >= 15 is 0 Å². The van der Waals surface area contributed by atoms with Crippen molar-refractivity contribution in [3.63, 3.8) is 0 Å². The average Bonchev–Trinajstić information content (AvgIpc) is 2.55. The molecule has 0 radical (unpaired) electrons. The maximum atomic E-state index is 5.46. The minimum absolute atomic E-state index is 0.161. The predicted molar refractivity (Wildman–Crippen MR) is 100.0 cm³/mol. The van der Waals surface area contributed by atoms with E-state index in [1.165, 1.54) is 0 Å². The van der Waals surface area contributed by atoms with Gasteiger partial charge in [0.15, 0.2) is 5.96 Å². The third kappa shape index (κ3) is 5.86. The van der Waals surface area contributed by atoms with Crippen LogP contribution in [0.15, 0.2) is 23.2 Å². The lowest BCUT2D eigenvalue weighted by atomic mass is 10.2. The first-order valence-corrected chi connectivity index (χ1v) is 8.77. The molecule has 0 atom stereocenters. The second kappa shape index (κ2) is 8.91. The number of methoxy groups -OCH3 is 2. The van der Waals surface area contributed by atoms with Gasteiger partial charge in [-0.15, -0.1) is 0 Å². The number of thioether (sulfide) groups is 1. The van der Waals surface area contributed by atoms with Crippen LogP contribution in [0.25, 0.3) is 0 Å². The summed E-state index contributed by atoms with van der Waals surface area (Å²) < 4.78 is 10.9. The summed E-state index contributed by atoms with van der Waals surface area (Å²) >= 11 is 1.84. The first kappa shape index (κ1) is 19.5. The molecule has 5 nitrogen and oxygen atoms in total. The molecule has 0 aliphatic rings. The molecule has 0 saturated heterocycles. The Labute approximate surface area is 144 Å². The molecular weight excluding hydrogens is 310 g/mol. The number of aliphatic imine (C=N–C) groups is 1. The molecule has 0 aromatic heterocycles. The van der Waals surface area contributed by atoms with Gasteiger partial charge in [0, 0.05) is 43.6 Å². The molecule has 6 heteroatoms. The minimum Gasteiger partial charge on any atom is -0.497 e. The summed E-state index contributed by atoms with van der Waals surface area (Å²) in [5, 5.41) is 3.43. The number of hydrogen-bond donors (Lipinski definition) is 1. The van der Waals surface area contributed by atoms with Crippen molar-refractivity contribution < 1.29 is 9.47 Å². The van der Waals surface area contributed by atoms with Crippen LogP contribution in [0.1, 0.15) is 19.4 Å². The molecule has 0 bridgehead atoms. The number of benzene rings is 1. The Balaban J connectivity index is 2.79. The summed E-state index contributed by atoms with van der Waals surface area (Å²) in [4.78, 5) is 6.45. The number of ether oxygens (including phenoxy) is 2. The number of nitrogens with zero attached hydrogens (tertiary/aromatic N) is 2. The lowest BCUT2D eigenvalue weighted by Gasteiger charge is -2.28. The van der Waals surface area contributed by atoms with Crippen LogP contribution in [0, 0.1) is 0 Å². The minimum atomic E-state index is 0.161. The van der Waals surface area contributed by atoms with Crippen molar-refractivity contribution in [2.24, 2.45) is 4.99 Å². The maximum Gasteiger partial charge on any atom is 0.193 e. The highest BCUT2D eigenvalue weighted by Gasteiger charge is 2.18. The van der Waals surface area contributed by atoms with E-state index in [1.54, 1.807) is 21.3 Å². The van der Waals surface area contributed by atoms with E-state index in [9.17, 15) is 0 Å². The molecule has 0 fully saturated rings. The summed E-state index contributed by atoms with van der Waals surface area (Å²) in [5.41, 5.74) is 1.09. The van der Waals surface area contributed by atoms with Gasteiger partial charge in [-0.25, -0.2) is 0 Å². The number of guanidine groups is 1. The van der Waals surface area contributed by atoms with Gasteiger partial charge in [-0.3, -0.25) is 4.99 Å². The third-order valence-electron chi connectivity index (χ3n) is 3.70. The normalized spacial score (nSPS) is 12.0. The molecule has 23 heavy (non-hydrogen) atoms. The highest BCUT2D eigenvalue weighted by molar-refractivity contribution is 7.99. The fraction of sp³-hybridized carbons (Fsp3) is 0.588. The van der Waals surface area contributed by atoms with Crippen LogP contribution in [-0.4, -0.2) is 56.7 Å². The van der Waals surface area contributed by atoms with Crippen LogP contribution in [-0.2, 0) is 6.54 Å². The molecule has 0 saturated carbocycles. The molecule has 0 unspecified atom stereocenters. The number of hydrogen-bond acceptors (Lipinski definition) is 4. The molecule has 130 valence electrons. The zero-order valence-corrected chi connectivity index (χ0v) is 16.1. The van der Waals surface area contributed by atoms with Crippen molar-refractivity contribution >= 4 is 17.7 Å². The van der Waals surface area contributed by atoms with Crippen molar-refractivity contribution in [1.82, 2.24) is 10.2 Å². The van der Waals surface area contributed by atoms with Gasteiger partial charge in [-0.1, -0.05) is 0 Å². The van der Waals surface area contributed by atoms with Crippen molar-refractivity contribution in [2.45, 2.75) is 25.1 Å². The second-order valence-electron chi connectivity index (χ2n) is 5.90. The largest absolute Gasteiger partial charge is 0.497 e. The van der Waals surface area contributed by atoms with Crippen LogP contribution in [0.3, 0.4) is 0 Å². The van der Waals surface area contributed by atoms with Crippen LogP contribution < -0.4 is 14.8 Å². The first-order chi connectivity index (χ1) is 10.9. The second-order valence-corrected chi connectivity index (χ2v) is 7.41. The highest BCUT2D eigenvalue weighted by Crippen LogP contribution is 2.25. The fourth-order valence-corrected chi connectivity index (χ4v) is 2.28. The summed E-state index contributed by atoms with van der Waals surface area (Å²) in [7, 11) is 7.15. The summed E-state index contributed by atoms with van der Waals surface area (Å²) in [6.07, 6.45) is 2.12. The first-order valence-electron chi connectivity index (χ1n) is 7.54. The SMILES string of the molecule is CN=C(NCC(C)(C)SC)N(C)Cc1ccc(OC)cc1OC. The van der Waals surface area contributed by atoms with Crippen LogP contribution in [0.4, 0.5) is 0 Å². The molecule has 1 rings (SSSR count). The van der Waals surface area contributed by atoms with Gasteiger partial charge in [-0.05, 0) is 32.2 Å². The molecule has 0 aliphatic carbocycles. The fourth-order valence-electron chi connectivity index (χ4n) is 2.06. The van der Waals surface area contributed by atoms with E-state index in [-0.39, 0.29) is 4.75 Å². The molecule has 1 N–H and O–H groups in total. The van der Waals surface area contributed by atoms with Crippen molar-refractivity contribution in [3.8, 4) is 11.5 Å². The molecule has 0 amide bonds. The third-order valence-corrected chi connectivity index (χ3v) is 4.95. The topological polar surface area (TPSA) is 46.1 Å². The van der Waals surface area contributed by atoms with Crippen LogP contribution in [0.2, 0.25) is 0 Å². The molecule has 0 aliphatic heterocycles. The van der Waals surface area contributed by atoms with Crippen LogP contribution in [0.5, 0.6) is 11.5 Å². The van der Waals surface area contributed by atoms with Gasteiger partial charge in [0.1, 0.15) is 11.5 Å². The van der Waals surface area contributed by atoms with E-state index in [1.807, 2.05) is 37.0 Å². The Kier molecular flexibility index (Phi) is 7.55. The van der Waals surface area contributed by atoms with E-state index in [0.29, 0.717) is 6.54 Å². The van der Waals surface area contributed by atoms with Crippen molar-refractivity contribution in [3.05, 3.63) is 23.8 Å². The highest BCUT2D eigenvalue weighted by atomic mass is 32.2. The Morgan fingerprint density at radius 2 is 2.00 bits per heavy atom. The zero-order valence-electron chi connectivity index (χ0n) is 15.3. The van der Waals surface area contributed by atoms with Gasteiger partial charge in [0.25, 0.3) is 0 Å². The maximum absolute atomic E-state index is 5.46. The smallest absolute Gasteiger partial charge is 0.193 e. The molecular formula is C17H29N3O2S. The van der Waals surface area contributed by atoms with Crippen molar-refractivity contribution in [2.75, 3.05) is 41.1 Å². The number of rotatable bonds is 7. The van der Waals surface area contributed by atoms with Crippen LogP contribution >= 0.6 is 11.8 Å². The number of nitrogens with one attached hydrogen (secondary N) is 1. The Hall–Kier alpha value is -1.56. The van der Waals surface area contributed by atoms with Gasteiger partial charge in [0.05, 0.1) is 14.2 Å². The molecule has 0 spiro atoms. The van der Waals surface area contributed by atoms with Gasteiger partial charge < -0.3 is 19.7 Å². The van der Waals surface area contributed by atoms with E-state index in [4.69, 9.17) is 9.47 Å². The standard InChI is InChI=1S/C17H29N3O2S/c1-17(2,23-7)12-19-16(18-3)20(4)11-13-8-9-14(21-5)10-15(13)22-6/h8-10H,11-12H2,1-7H3,(H,18,19). The molecule has 1 aromatic carbocycles. The zero-order chi connectivity index (χ0) is 17.5. The summed E-state index contributed by atoms with van der Waals surface area (Å²) in [5.74, 6) is 2.47.